The Labute approximate surface area is 854 Å². The van der Waals surface area contributed by atoms with E-state index in [1.807, 2.05) is 116 Å². The summed E-state index contributed by atoms with van der Waals surface area (Å²) in [6.07, 6.45) is 2.54. The SMILES string of the molecule is CCNC(=O)N[C@@H](Cc1ccccc1)C(=O)C[C@@H](CCCCN)C(=O)N[C@@H](CC(N)=O)C(N)=O.CN(C(=O)[C@@H](N)CO)[C@@H](Cc1ccccc1)C(=O)C[C@@H](CCCCN)C(=O)N[C@@H](CC(N)=O)C(N)=O.CN(C)CCOc1ccccc1C(=O)N[C@@H](Cc1ccccc1)C(=O)C[C@@H](CCCCN)C(=O)N[C@@H](CC(N)=O)C(N)=O.C[C@H](CC(=O)[C@H](Cc1ccccc1)NC(=O)c1ccccc1N)C(=O)N[C@@H](CC(N)=O)C(N)=O. The third kappa shape index (κ3) is 49.7. The third-order valence-electron chi connectivity index (χ3n) is 23.1. The summed E-state index contributed by atoms with van der Waals surface area (Å²) in [7, 11) is 5.25. The van der Waals surface area contributed by atoms with Crippen LogP contribution in [0.15, 0.2) is 170 Å². The number of hydrogen-bond acceptors (Lipinski definition) is 28. The van der Waals surface area contributed by atoms with E-state index in [1.54, 1.807) is 79.7 Å². The van der Waals surface area contributed by atoms with E-state index in [4.69, 9.17) is 79.3 Å². The van der Waals surface area contributed by atoms with Crippen LogP contribution in [0.2, 0.25) is 0 Å². The number of rotatable bonds is 65. The fourth-order valence-corrected chi connectivity index (χ4v) is 14.9. The van der Waals surface area contributed by atoms with Crippen molar-refractivity contribution in [1.82, 2.24) is 52.3 Å². The molecule has 0 radical (unpaired) electrons. The van der Waals surface area contributed by atoms with Crippen LogP contribution in [0, 0.1) is 23.7 Å². The molecule has 45 heteroatoms. The van der Waals surface area contributed by atoms with E-state index < -0.39 is 211 Å². The zero-order valence-electron chi connectivity index (χ0n) is 83.9. The van der Waals surface area contributed by atoms with E-state index in [0.29, 0.717) is 96.4 Å². The Morgan fingerprint density at radius 1 is 0.361 bits per heavy atom. The number of urea groups is 1. The Balaban J connectivity index is 0.000000506. The molecule has 0 aliphatic carbocycles. The number of nitrogens with zero attached hydrogens (tertiary/aromatic N) is 2. The average molecular weight is 2050 g/mol. The molecule has 0 heterocycles. The van der Waals surface area contributed by atoms with Crippen molar-refractivity contribution in [3.05, 3.63) is 203 Å². The molecule has 0 bridgehead atoms. The predicted octanol–water partition coefficient (Wildman–Crippen LogP) is -2.04. The van der Waals surface area contributed by atoms with E-state index in [1.165, 1.54) is 18.9 Å². The van der Waals surface area contributed by atoms with Gasteiger partial charge in [-0.3, -0.25) is 91.1 Å². The minimum Gasteiger partial charge on any atom is -0.491 e. The Morgan fingerprint density at radius 3 is 1.01 bits per heavy atom. The number of para-hydroxylation sites is 2. The van der Waals surface area contributed by atoms with Gasteiger partial charge in [-0.15, -0.1) is 0 Å². The minimum absolute atomic E-state index is 0.169. The Hall–Kier alpha value is -15.3. The first kappa shape index (κ1) is 126. The van der Waals surface area contributed by atoms with Crippen molar-refractivity contribution in [2.24, 2.45) is 92.5 Å². The second-order valence-corrected chi connectivity index (χ2v) is 35.4. The first-order chi connectivity index (χ1) is 69.8. The van der Waals surface area contributed by atoms with Crippen molar-refractivity contribution in [2.45, 2.75) is 203 Å². The molecule has 0 aliphatic rings. The monoisotopic (exact) mass is 2050 g/mol. The fourth-order valence-electron chi connectivity index (χ4n) is 14.9. The number of nitrogen functional groups attached to an aromatic ring is 1. The summed E-state index contributed by atoms with van der Waals surface area (Å²) < 4.78 is 5.84. The third-order valence-corrected chi connectivity index (χ3v) is 23.1. The number of primary amides is 8. The number of hydrogen-bond donors (Lipinski definition) is 22. The summed E-state index contributed by atoms with van der Waals surface area (Å²) in [4.78, 5) is 251. The van der Waals surface area contributed by atoms with E-state index in [-0.39, 0.29) is 92.0 Å². The normalized spacial score (nSPS) is 13.4. The number of carbonyl (C=O) groups excluding carboxylic acids is 20. The molecule has 0 saturated carbocycles. The van der Waals surface area contributed by atoms with Gasteiger partial charge < -0.3 is 137 Å². The second kappa shape index (κ2) is 68.8. The molecule has 0 aliphatic heterocycles. The van der Waals surface area contributed by atoms with Crippen LogP contribution in [0.1, 0.15) is 166 Å². The zero-order chi connectivity index (χ0) is 110. The van der Waals surface area contributed by atoms with Gasteiger partial charge in [-0.1, -0.05) is 172 Å². The van der Waals surface area contributed by atoms with Gasteiger partial charge in [-0.2, -0.15) is 0 Å². The van der Waals surface area contributed by atoms with Crippen molar-refractivity contribution in [3.8, 4) is 5.75 Å². The van der Waals surface area contributed by atoms with Gasteiger partial charge in [-0.25, -0.2) is 4.79 Å². The topological polar surface area (TPSA) is 812 Å². The molecule has 13 atom stereocenters. The van der Waals surface area contributed by atoms with Gasteiger partial charge >= 0.3 is 6.03 Å². The number of likely N-dealkylation sites (N-methyl/N-ethyl adjacent to an activating group) is 2. The standard InChI is InChI=1S/C31H44N6O6.C24H38N6O6.C24H29N5O5.C23H36N6O5/c1-37(2)16-17-43-27-14-7-6-13-23(27)31(42)35-24(18-21-10-4-3-5-11-21)26(38)19-22(12-8-9-15-32)30(41)36-25(29(34)40)20-28(33)39;1-30(24(36)17(26)14-31)19(11-15-7-3-2-4-8-15)20(32)12-16(9-5-6-10-25)23(35)29-18(22(28)34)13-21(27)33;1-14(23(33)29-19(22(27)32)13-21(26)31)11-20(30)18(12-15-7-3-2-4-8-15)28-24(34)16-9-5-6-10-17(16)25;1-2-27-23(34)29-17(12-15-8-4-3-5-9-15)19(30)13-16(10-6-7-11-24)22(33)28-18(21(26)32)14-20(25)31/h3-7,10-11,13-14,22,24-25H,8-9,12,15-20,32H2,1-2H3,(H2,33,39)(H2,34,40)(H,35,42)(H,36,41);2-4,7-8,16-19,31H,5-6,9-14,25-26H2,1H3,(H2,27,33)(H2,28,34)(H,29,35);2-10,14,18-19H,11-13,25H2,1H3,(H2,26,31)(H2,27,32)(H,28,34)(H,29,33);3-5,8-9,16-18H,2,6-7,10-14,24H2,1H3,(H2,25,31)(H2,26,32)(H,28,33)(H2,27,29,34)/t22-,24+,25+;16-,17+,18+,19+;14-,18+,19+;16-,17+,18+/m1111/s1. The smallest absolute Gasteiger partial charge is 0.315 e. The molecule has 0 unspecified atom stereocenters. The highest BCUT2D eigenvalue weighted by Crippen LogP contribution is 2.25. The summed E-state index contributed by atoms with van der Waals surface area (Å²) >= 11 is 0. The quantitative estimate of drug-likeness (QED) is 0.0144. The Bertz CT molecular complexity index is 5280. The van der Waals surface area contributed by atoms with Crippen LogP contribution in [0.3, 0.4) is 0 Å². The lowest BCUT2D eigenvalue weighted by molar-refractivity contribution is -0.141. The van der Waals surface area contributed by atoms with Crippen molar-refractivity contribution in [2.75, 3.05) is 72.8 Å². The molecule has 17 amide bonds. The van der Waals surface area contributed by atoms with Crippen LogP contribution in [0.5, 0.6) is 5.75 Å². The van der Waals surface area contributed by atoms with Gasteiger partial charge in [0.1, 0.15) is 42.6 Å². The van der Waals surface area contributed by atoms with Crippen LogP contribution in [0.4, 0.5) is 10.5 Å². The van der Waals surface area contributed by atoms with Crippen LogP contribution in [-0.2, 0) is 107 Å². The number of aliphatic hydroxyl groups is 1. The van der Waals surface area contributed by atoms with E-state index in [2.05, 4.69) is 42.5 Å². The molecule has 0 spiro atoms. The molecule has 802 valence electrons. The highest BCUT2D eigenvalue weighted by Gasteiger charge is 2.38. The van der Waals surface area contributed by atoms with Gasteiger partial charge in [-0.05, 0) is 151 Å². The number of nitrogens with one attached hydrogen (secondary N) is 8. The maximum Gasteiger partial charge on any atom is 0.315 e. The lowest BCUT2D eigenvalue weighted by Gasteiger charge is -2.30. The van der Waals surface area contributed by atoms with Gasteiger partial charge in [0.05, 0.1) is 67.6 Å². The maximum atomic E-state index is 13.8. The summed E-state index contributed by atoms with van der Waals surface area (Å²) in [5.41, 5.74) is 74.0. The van der Waals surface area contributed by atoms with Crippen molar-refractivity contribution < 1.29 is 106 Å². The number of anilines is 1. The first-order valence-electron chi connectivity index (χ1n) is 48.2. The largest absolute Gasteiger partial charge is 0.491 e. The summed E-state index contributed by atoms with van der Waals surface area (Å²) in [5.74, 6) is -15.5. The number of carbonyl (C=O) groups is 20. The van der Waals surface area contributed by atoms with E-state index in [9.17, 15) is 101 Å². The zero-order valence-corrected chi connectivity index (χ0v) is 83.9. The van der Waals surface area contributed by atoms with Crippen LogP contribution in [-0.4, -0.2) is 254 Å². The average Bonchev–Trinajstić information content (AvgIpc) is 0.832. The number of unbranched alkanes of at least 4 members (excludes halogenated alkanes) is 3. The molecule has 0 aromatic heterocycles. The van der Waals surface area contributed by atoms with Crippen LogP contribution in [0.25, 0.3) is 0 Å². The van der Waals surface area contributed by atoms with Gasteiger partial charge in [0.25, 0.3) is 11.8 Å². The lowest BCUT2D eigenvalue weighted by Crippen LogP contribution is -2.52. The molecule has 6 aromatic rings. The maximum absolute atomic E-state index is 13.8. The number of ketones is 4. The molecule has 147 heavy (non-hydrogen) atoms. The summed E-state index contributed by atoms with van der Waals surface area (Å²) in [6.45, 7) is 5.27. The Kier molecular flexibility index (Phi) is 58.9. The second-order valence-electron chi connectivity index (χ2n) is 35.4. The summed E-state index contributed by atoms with van der Waals surface area (Å²) in [5, 5.41) is 29.8. The molecule has 6 rings (SSSR count). The predicted molar refractivity (Wildman–Crippen MR) is 549 cm³/mol. The van der Waals surface area contributed by atoms with Crippen molar-refractivity contribution >= 4 is 123 Å². The molecule has 0 saturated heterocycles. The summed E-state index contributed by atoms with van der Waals surface area (Å²) in [6, 6.07) is 39.2. The van der Waals surface area contributed by atoms with Crippen LogP contribution >= 0.6 is 0 Å². The number of nitrogens with two attached hydrogens (primary N) is 13. The molecular weight excluding hydrogens is 1900 g/mol. The minimum atomic E-state index is -1.31. The Morgan fingerprint density at radius 2 is 0.673 bits per heavy atom. The molecule has 35 N–H and O–H groups in total. The number of ether oxygens (including phenoxy) is 1. The highest BCUT2D eigenvalue weighted by atomic mass is 16.5. The first-order valence-corrected chi connectivity index (χ1v) is 48.2. The number of aliphatic hydroxyl groups excluding tert-OH is 1. The van der Waals surface area contributed by atoms with Gasteiger partial charge in [0.15, 0.2) is 23.1 Å². The van der Waals surface area contributed by atoms with Gasteiger partial charge in [0, 0.05) is 75.2 Å². The molecule has 6 aromatic carbocycles. The number of benzene rings is 6. The molecular formula is C102H147N23O22. The van der Waals surface area contributed by atoms with E-state index >= 15 is 0 Å². The molecule has 45 nitrogen and oxygen atoms in total. The number of amides is 17. The number of Topliss-reactive ketones (excluding diaryl/α,β-unsaturated/α-hetero) is 4. The highest BCUT2D eigenvalue weighted by molar-refractivity contribution is 6.04. The van der Waals surface area contributed by atoms with Gasteiger partial charge in [0.2, 0.25) is 76.8 Å². The van der Waals surface area contributed by atoms with E-state index in [0.717, 1.165) is 22.3 Å². The fraction of sp³-hybridized carbons (Fsp3) is 0.451. The van der Waals surface area contributed by atoms with Crippen LogP contribution < -0.4 is 122 Å². The lowest BCUT2D eigenvalue weighted by atomic mass is 9.89. The van der Waals surface area contributed by atoms with Crippen molar-refractivity contribution in [1.29, 1.82) is 0 Å². The molecule has 0 fully saturated rings. The van der Waals surface area contributed by atoms with Crippen molar-refractivity contribution in [3.63, 3.8) is 0 Å².